The molecule has 12 nitrogen and oxygen atoms in total. The Morgan fingerprint density at radius 1 is 0.411 bits per heavy atom. The molecule has 270 valence electrons. The van der Waals surface area contributed by atoms with Crippen LogP contribution in [-0.2, 0) is 20.2 Å². The molecule has 0 bridgehead atoms. The molecular weight excluding hydrogens is 753 g/mol. The van der Waals surface area contributed by atoms with Crippen LogP contribution in [0.2, 0.25) is 0 Å². The Morgan fingerprint density at radius 2 is 0.750 bits per heavy atom. The van der Waals surface area contributed by atoms with E-state index in [1.807, 2.05) is 72.8 Å². The molecule has 2 aliphatic rings. The molecule has 2 aromatic heterocycles. The number of aromatic nitrogens is 4. The van der Waals surface area contributed by atoms with Gasteiger partial charge in [0.15, 0.2) is 0 Å². The normalized spacial score (nSPS) is 12.8. The Kier molecular flexibility index (Phi) is 6.60. The standard InChI is InChI=1S/C42H22N4O8S2/c47-55(48,49)23-11-7-21(8-12-23)53-35-17-15-29-37-25(35)3-1-5-27(37)39-41(29)45-33-20-32-34(19-31(33)43-39)46-42-30-16-18-36(26-4-2-6-28(38(26)30)40(42)44-32)54-22-9-13-24(14-10-22)56(50,51)52/h1-20H,(H,47,48,49)(H,50,51,52). The average molecular weight is 775 g/mol. The third-order valence-electron chi connectivity index (χ3n) is 10.2. The average Bonchev–Trinajstić information content (AvgIpc) is 3.66. The van der Waals surface area contributed by atoms with Crippen molar-refractivity contribution in [2.75, 3.05) is 0 Å². The fraction of sp³-hybridized carbons (Fsp3) is 0. The molecule has 0 unspecified atom stereocenters. The van der Waals surface area contributed by atoms with Gasteiger partial charge < -0.3 is 9.47 Å². The van der Waals surface area contributed by atoms with Gasteiger partial charge in [-0.05, 0) is 84.9 Å². The summed E-state index contributed by atoms with van der Waals surface area (Å²) in [6.45, 7) is 0. The zero-order valence-corrected chi connectivity index (χ0v) is 30.1. The van der Waals surface area contributed by atoms with Gasteiger partial charge in [0.05, 0.1) is 54.6 Å². The molecule has 0 fully saturated rings. The van der Waals surface area contributed by atoms with Crippen molar-refractivity contribution in [2.45, 2.75) is 9.79 Å². The van der Waals surface area contributed by atoms with Crippen LogP contribution in [0.1, 0.15) is 0 Å². The second kappa shape index (κ2) is 11.3. The van der Waals surface area contributed by atoms with Crippen LogP contribution in [0.5, 0.6) is 23.0 Å². The van der Waals surface area contributed by atoms with Gasteiger partial charge in [-0.25, -0.2) is 19.9 Å². The third-order valence-corrected chi connectivity index (χ3v) is 11.9. The zero-order chi connectivity index (χ0) is 38.1. The van der Waals surface area contributed by atoms with E-state index in [9.17, 15) is 25.9 Å². The molecule has 56 heavy (non-hydrogen) atoms. The molecule has 2 heterocycles. The summed E-state index contributed by atoms with van der Waals surface area (Å²) in [6.07, 6.45) is 0. The van der Waals surface area contributed by atoms with Crippen LogP contribution in [0.15, 0.2) is 131 Å². The maximum Gasteiger partial charge on any atom is 0.294 e. The van der Waals surface area contributed by atoms with Crippen LogP contribution in [0.3, 0.4) is 0 Å². The number of ether oxygens (including phenoxy) is 2. The fourth-order valence-electron chi connectivity index (χ4n) is 7.70. The lowest BCUT2D eigenvalue weighted by molar-refractivity contribution is 0.478. The highest BCUT2D eigenvalue weighted by Gasteiger charge is 2.29. The van der Waals surface area contributed by atoms with E-state index in [1.165, 1.54) is 48.5 Å². The Bertz CT molecular complexity index is 3160. The molecular formula is C42H22N4O8S2. The van der Waals surface area contributed by atoms with E-state index in [1.54, 1.807) is 0 Å². The van der Waals surface area contributed by atoms with Crippen LogP contribution in [0.4, 0.5) is 0 Å². The molecule has 0 amide bonds. The molecule has 0 radical (unpaired) electrons. The summed E-state index contributed by atoms with van der Waals surface area (Å²) in [6, 6.07) is 34.3. The van der Waals surface area contributed by atoms with E-state index in [2.05, 4.69) is 0 Å². The van der Waals surface area contributed by atoms with Crippen molar-refractivity contribution in [2.24, 2.45) is 0 Å². The van der Waals surface area contributed by atoms with Crippen molar-refractivity contribution in [1.82, 2.24) is 19.9 Å². The first-order valence-electron chi connectivity index (χ1n) is 17.2. The molecule has 0 saturated heterocycles. The van der Waals surface area contributed by atoms with Crippen molar-refractivity contribution in [1.29, 1.82) is 0 Å². The van der Waals surface area contributed by atoms with E-state index in [4.69, 9.17) is 29.4 Å². The predicted octanol–water partition coefficient (Wildman–Crippen LogP) is 9.25. The largest absolute Gasteiger partial charge is 0.457 e. The molecule has 7 aromatic carbocycles. The second-order valence-corrected chi connectivity index (χ2v) is 16.3. The highest BCUT2D eigenvalue weighted by Crippen LogP contribution is 2.51. The first-order chi connectivity index (χ1) is 27.0. The van der Waals surface area contributed by atoms with Gasteiger partial charge in [-0.3, -0.25) is 9.11 Å². The summed E-state index contributed by atoms with van der Waals surface area (Å²) in [7, 11) is -8.65. The van der Waals surface area contributed by atoms with Crippen molar-refractivity contribution >= 4 is 63.8 Å². The summed E-state index contributed by atoms with van der Waals surface area (Å²) in [5.74, 6) is 1.96. The van der Waals surface area contributed by atoms with Gasteiger partial charge in [0.2, 0.25) is 0 Å². The highest BCUT2D eigenvalue weighted by molar-refractivity contribution is 7.86. The summed E-state index contributed by atoms with van der Waals surface area (Å²) in [4.78, 5) is 20.0. The summed E-state index contributed by atoms with van der Waals surface area (Å²) in [5.41, 5.74) is 9.21. The first kappa shape index (κ1) is 32.6. The Morgan fingerprint density at radius 3 is 1.09 bits per heavy atom. The highest BCUT2D eigenvalue weighted by atomic mass is 32.2. The molecule has 0 saturated carbocycles. The van der Waals surface area contributed by atoms with Crippen LogP contribution >= 0.6 is 0 Å². The van der Waals surface area contributed by atoms with E-state index in [0.29, 0.717) is 45.1 Å². The van der Waals surface area contributed by atoms with Gasteiger partial charge >= 0.3 is 0 Å². The van der Waals surface area contributed by atoms with Crippen LogP contribution < -0.4 is 9.47 Å². The first-order valence-corrected chi connectivity index (χ1v) is 20.0. The van der Waals surface area contributed by atoms with Gasteiger partial charge in [-0.15, -0.1) is 0 Å². The number of nitrogens with zero attached hydrogens (tertiary/aromatic N) is 4. The van der Waals surface area contributed by atoms with Gasteiger partial charge in [0.25, 0.3) is 20.2 Å². The number of rotatable bonds is 6. The van der Waals surface area contributed by atoms with E-state index < -0.39 is 20.2 Å². The predicted molar refractivity (Wildman–Crippen MR) is 209 cm³/mol. The molecule has 0 atom stereocenters. The van der Waals surface area contributed by atoms with E-state index in [0.717, 1.165) is 66.6 Å². The van der Waals surface area contributed by atoms with Crippen molar-refractivity contribution in [3.8, 4) is 68.0 Å². The fourth-order valence-corrected chi connectivity index (χ4v) is 8.66. The van der Waals surface area contributed by atoms with Gasteiger partial charge in [-0.2, -0.15) is 16.8 Å². The zero-order valence-electron chi connectivity index (χ0n) is 28.5. The molecule has 2 N–H and O–H groups in total. The maximum atomic E-state index is 11.5. The molecule has 0 spiro atoms. The van der Waals surface area contributed by atoms with E-state index in [-0.39, 0.29) is 9.79 Å². The minimum Gasteiger partial charge on any atom is -0.457 e. The number of hydrogen-bond donors (Lipinski definition) is 2. The minimum absolute atomic E-state index is 0.220. The van der Waals surface area contributed by atoms with Crippen LogP contribution in [0, 0.1) is 0 Å². The Hall–Kier alpha value is -6.84. The quantitative estimate of drug-likeness (QED) is 0.121. The smallest absolute Gasteiger partial charge is 0.294 e. The van der Waals surface area contributed by atoms with Gasteiger partial charge in [0.1, 0.15) is 23.0 Å². The van der Waals surface area contributed by atoms with Gasteiger partial charge in [-0.1, -0.05) is 36.4 Å². The van der Waals surface area contributed by atoms with E-state index >= 15 is 0 Å². The lowest BCUT2D eigenvalue weighted by atomic mass is 10.0. The minimum atomic E-state index is -4.33. The number of fused-ring (bicyclic) bond motifs is 8. The maximum absolute atomic E-state index is 11.5. The molecule has 14 heteroatoms. The van der Waals surface area contributed by atoms with Crippen molar-refractivity contribution in [3.05, 3.63) is 121 Å². The number of benzene rings is 7. The summed E-state index contributed by atoms with van der Waals surface area (Å²) in [5, 5.41) is 3.55. The summed E-state index contributed by atoms with van der Waals surface area (Å²) >= 11 is 0. The lowest BCUT2D eigenvalue weighted by Crippen LogP contribution is -1.97. The molecule has 11 rings (SSSR count). The van der Waals surface area contributed by atoms with Crippen LogP contribution in [-0.4, -0.2) is 45.9 Å². The third kappa shape index (κ3) is 4.90. The number of hydrogen-bond acceptors (Lipinski definition) is 10. The summed E-state index contributed by atoms with van der Waals surface area (Å²) < 4.78 is 77.1. The van der Waals surface area contributed by atoms with Crippen LogP contribution in [0.25, 0.3) is 88.6 Å². The second-order valence-electron chi connectivity index (χ2n) is 13.4. The Balaban J connectivity index is 0.978. The molecule has 2 aliphatic carbocycles. The lowest BCUT2D eigenvalue weighted by Gasteiger charge is -2.11. The molecule has 9 aromatic rings. The van der Waals surface area contributed by atoms with Gasteiger partial charge in [0, 0.05) is 43.8 Å². The monoisotopic (exact) mass is 774 g/mol. The van der Waals surface area contributed by atoms with Crippen molar-refractivity contribution < 1.29 is 35.4 Å². The molecule has 0 aliphatic heterocycles. The topological polar surface area (TPSA) is 179 Å². The van der Waals surface area contributed by atoms with Crippen molar-refractivity contribution in [3.63, 3.8) is 0 Å². The SMILES string of the molecule is O=S(=O)(O)c1ccc(Oc2ccc3c4c(cccc24)-c2nc4cc5nc6c(nc5cc4nc2-3)-c2cccc3c(Oc4ccc(S(=O)(=O)O)cc4)ccc-6c23)cc1. The Labute approximate surface area is 317 Å².